The van der Waals surface area contributed by atoms with E-state index in [2.05, 4.69) is 42.5 Å². The number of halogens is 4. The number of nitrogens with one attached hydrogen (secondary N) is 2. The van der Waals surface area contributed by atoms with Crippen LogP contribution in [-0.2, 0) is 0 Å². The first-order valence-corrected chi connectivity index (χ1v) is 7.44. The van der Waals surface area contributed by atoms with E-state index in [9.17, 15) is 8.78 Å². The van der Waals surface area contributed by atoms with Crippen LogP contribution in [0.2, 0.25) is 0 Å². The van der Waals surface area contributed by atoms with Crippen molar-refractivity contribution in [3.63, 3.8) is 0 Å². The molecular formula is C13H8Br2F2N2S. The summed E-state index contributed by atoms with van der Waals surface area (Å²) < 4.78 is 28.4. The average molecular weight is 422 g/mol. The van der Waals surface area contributed by atoms with Crippen LogP contribution in [0.25, 0.3) is 0 Å². The monoisotopic (exact) mass is 420 g/mol. The van der Waals surface area contributed by atoms with Crippen molar-refractivity contribution in [2.45, 2.75) is 0 Å². The first-order valence-electron chi connectivity index (χ1n) is 5.44. The van der Waals surface area contributed by atoms with Crippen molar-refractivity contribution < 1.29 is 8.78 Å². The van der Waals surface area contributed by atoms with Gasteiger partial charge in [-0.25, -0.2) is 8.78 Å². The molecule has 0 unspecified atom stereocenters. The maximum Gasteiger partial charge on any atom is 0.175 e. The van der Waals surface area contributed by atoms with E-state index in [4.69, 9.17) is 12.2 Å². The number of thiocarbonyl (C=S) groups is 1. The first kappa shape index (κ1) is 15.3. The average Bonchev–Trinajstić information content (AvgIpc) is 2.36. The van der Waals surface area contributed by atoms with Gasteiger partial charge in [-0.2, -0.15) is 0 Å². The van der Waals surface area contributed by atoms with Gasteiger partial charge in [0.2, 0.25) is 0 Å². The summed E-state index contributed by atoms with van der Waals surface area (Å²) in [7, 11) is 0. The summed E-state index contributed by atoms with van der Waals surface area (Å²) in [5.74, 6) is -0.920. The van der Waals surface area contributed by atoms with Gasteiger partial charge in [-0.3, -0.25) is 0 Å². The lowest BCUT2D eigenvalue weighted by molar-refractivity contribution is 0.630. The Hall–Kier alpha value is -1.05. The van der Waals surface area contributed by atoms with Gasteiger partial charge in [0.1, 0.15) is 11.6 Å². The Bertz CT molecular complexity index is 642. The maximum absolute atomic E-state index is 13.8. The lowest BCUT2D eigenvalue weighted by Gasteiger charge is -2.13. The molecule has 0 aliphatic heterocycles. The van der Waals surface area contributed by atoms with E-state index in [-0.39, 0.29) is 16.5 Å². The van der Waals surface area contributed by atoms with E-state index < -0.39 is 11.6 Å². The second-order valence-electron chi connectivity index (χ2n) is 3.80. The largest absolute Gasteiger partial charge is 0.330 e. The topological polar surface area (TPSA) is 24.1 Å². The van der Waals surface area contributed by atoms with Crippen molar-refractivity contribution in [3.05, 3.63) is 57.0 Å². The van der Waals surface area contributed by atoms with Crippen LogP contribution in [0, 0.1) is 11.6 Å². The standard InChI is InChI=1S/C13H8Br2F2N2S/c14-7-5-8(15)12(10(17)6-7)19-13(20)18-11-4-2-1-3-9(11)16/h1-6H,(H2,18,19,20). The normalized spacial score (nSPS) is 10.2. The van der Waals surface area contributed by atoms with Crippen molar-refractivity contribution >= 4 is 60.6 Å². The molecule has 0 aromatic heterocycles. The Balaban J connectivity index is 2.15. The predicted octanol–water partition coefficient (Wildman–Crippen LogP) is 5.30. The van der Waals surface area contributed by atoms with Gasteiger partial charge < -0.3 is 10.6 Å². The van der Waals surface area contributed by atoms with Crippen molar-refractivity contribution in [1.29, 1.82) is 0 Å². The second-order valence-corrected chi connectivity index (χ2v) is 5.98. The van der Waals surface area contributed by atoms with E-state index in [1.165, 1.54) is 18.2 Å². The van der Waals surface area contributed by atoms with Crippen LogP contribution in [-0.4, -0.2) is 5.11 Å². The molecular weight excluding hydrogens is 414 g/mol. The van der Waals surface area contributed by atoms with Crippen LogP contribution in [0.1, 0.15) is 0 Å². The molecule has 2 N–H and O–H groups in total. The van der Waals surface area contributed by atoms with Crippen LogP contribution in [0.3, 0.4) is 0 Å². The lowest BCUT2D eigenvalue weighted by atomic mass is 10.3. The fraction of sp³-hybridized carbons (Fsp3) is 0. The second kappa shape index (κ2) is 6.60. The predicted molar refractivity (Wildman–Crippen MR) is 88.0 cm³/mol. The molecule has 0 aliphatic carbocycles. The molecule has 0 spiro atoms. The number of hydrogen-bond acceptors (Lipinski definition) is 1. The highest BCUT2D eigenvalue weighted by molar-refractivity contribution is 9.11. The van der Waals surface area contributed by atoms with Crippen molar-refractivity contribution in [2.75, 3.05) is 10.6 Å². The van der Waals surface area contributed by atoms with Gasteiger partial charge in [-0.1, -0.05) is 28.1 Å². The van der Waals surface area contributed by atoms with Crippen LogP contribution < -0.4 is 10.6 Å². The highest BCUT2D eigenvalue weighted by atomic mass is 79.9. The Labute approximate surface area is 136 Å². The van der Waals surface area contributed by atoms with Gasteiger partial charge in [-0.15, -0.1) is 0 Å². The first-order chi connectivity index (χ1) is 9.47. The molecule has 0 saturated heterocycles. The third kappa shape index (κ3) is 3.74. The third-order valence-electron chi connectivity index (χ3n) is 2.37. The lowest BCUT2D eigenvalue weighted by Crippen LogP contribution is -2.20. The van der Waals surface area contributed by atoms with Gasteiger partial charge in [0.25, 0.3) is 0 Å². The minimum absolute atomic E-state index is 0.0945. The smallest absolute Gasteiger partial charge is 0.175 e. The van der Waals surface area contributed by atoms with Gasteiger partial charge in [0.05, 0.1) is 11.4 Å². The Morgan fingerprint density at radius 1 is 1.00 bits per heavy atom. The van der Waals surface area contributed by atoms with Gasteiger partial charge >= 0.3 is 0 Å². The van der Waals surface area contributed by atoms with E-state index >= 15 is 0 Å². The summed E-state index contributed by atoms with van der Waals surface area (Å²) in [6.07, 6.45) is 0. The van der Waals surface area contributed by atoms with Crippen LogP contribution in [0.5, 0.6) is 0 Å². The van der Waals surface area contributed by atoms with Crippen LogP contribution in [0.15, 0.2) is 45.3 Å². The molecule has 7 heteroatoms. The summed E-state index contributed by atoms with van der Waals surface area (Å²) in [4.78, 5) is 0. The molecule has 20 heavy (non-hydrogen) atoms. The summed E-state index contributed by atoms with van der Waals surface area (Å²) in [5, 5.41) is 5.46. The van der Waals surface area contributed by atoms with Crippen molar-refractivity contribution in [1.82, 2.24) is 0 Å². The van der Waals surface area contributed by atoms with Crippen LogP contribution >= 0.6 is 44.1 Å². The summed E-state index contributed by atoms with van der Waals surface area (Å²) in [6, 6.07) is 9.07. The molecule has 0 saturated carbocycles. The van der Waals surface area contributed by atoms with Crippen molar-refractivity contribution in [2.24, 2.45) is 0 Å². The molecule has 0 fully saturated rings. The zero-order valence-corrected chi connectivity index (χ0v) is 13.9. The molecule has 2 aromatic carbocycles. The Morgan fingerprint density at radius 3 is 2.35 bits per heavy atom. The highest BCUT2D eigenvalue weighted by Gasteiger charge is 2.11. The van der Waals surface area contributed by atoms with Crippen LogP contribution in [0.4, 0.5) is 20.2 Å². The zero-order chi connectivity index (χ0) is 14.7. The minimum Gasteiger partial charge on any atom is -0.330 e. The van der Waals surface area contributed by atoms with E-state index in [0.717, 1.165) is 0 Å². The molecule has 0 atom stereocenters. The molecule has 0 radical (unpaired) electrons. The summed E-state index contributed by atoms with van der Waals surface area (Å²) in [6.45, 7) is 0. The van der Waals surface area contributed by atoms with E-state index in [1.807, 2.05) is 0 Å². The molecule has 2 rings (SSSR count). The number of hydrogen-bond donors (Lipinski definition) is 2. The number of para-hydroxylation sites is 1. The van der Waals surface area contributed by atoms with Gasteiger partial charge in [-0.05, 0) is 52.4 Å². The quantitative estimate of drug-likeness (QED) is 0.643. The fourth-order valence-corrected chi connectivity index (χ4v) is 2.98. The van der Waals surface area contributed by atoms with Crippen molar-refractivity contribution in [3.8, 4) is 0 Å². The van der Waals surface area contributed by atoms with E-state index in [0.29, 0.717) is 8.95 Å². The SMILES string of the molecule is Fc1ccccc1NC(=S)Nc1c(F)cc(Br)cc1Br. The maximum atomic E-state index is 13.8. The molecule has 0 bridgehead atoms. The fourth-order valence-electron chi connectivity index (χ4n) is 1.49. The Kier molecular flexibility index (Phi) is 5.06. The molecule has 2 aromatic rings. The minimum atomic E-state index is -0.482. The highest BCUT2D eigenvalue weighted by Crippen LogP contribution is 2.29. The number of rotatable bonds is 2. The zero-order valence-electron chi connectivity index (χ0n) is 9.88. The van der Waals surface area contributed by atoms with Gasteiger partial charge in [0, 0.05) is 8.95 Å². The number of benzene rings is 2. The molecule has 104 valence electrons. The third-order valence-corrected chi connectivity index (χ3v) is 3.65. The van der Waals surface area contributed by atoms with E-state index in [1.54, 1.807) is 18.2 Å². The summed E-state index contributed by atoms with van der Waals surface area (Å²) >= 11 is 11.5. The molecule has 0 heterocycles. The Morgan fingerprint density at radius 2 is 1.70 bits per heavy atom. The summed E-state index contributed by atoms with van der Waals surface area (Å²) in [5.41, 5.74) is 0.403. The molecule has 2 nitrogen and oxygen atoms in total. The van der Waals surface area contributed by atoms with Gasteiger partial charge in [0.15, 0.2) is 5.11 Å². The molecule has 0 aliphatic rings. The molecule has 0 amide bonds. The number of anilines is 2.